The maximum Gasteiger partial charge on any atom is 0.233 e. The van der Waals surface area contributed by atoms with Gasteiger partial charge in [-0.1, -0.05) is 28.1 Å². The van der Waals surface area contributed by atoms with Crippen LogP contribution in [-0.2, 0) is 14.6 Å². The van der Waals surface area contributed by atoms with Crippen molar-refractivity contribution in [3.05, 3.63) is 58.1 Å². The lowest BCUT2D eigenvalue weighted by atomic mass is 10.1. The molecule has 0 saturated carbocycles. The van der Waals surface area contributed by atoms with Gasteiger partial charge in [0, 0.05) is 22.7 Å². The van der Waals surface area contributed by atoms with Crippen LogP contribution in [0.5, 0.6) is 0 Å². The van der Waals surface area contributed by atoms with Crippen molar-refractivity contribution in [1.82, 2.24) is 4.90 Å². The Balaban J connectivity index is 2.02. The number of carbonyl (C=O) groups is 1. The minimum Gasteiger partial charge on any atom is -0.338 e. The summed E-state index contributed by atoms with van der Waals surface area (Å²) in [5.41, 5.74) is 2.03. The van der Waals surface area contributed by atoms with Crippen molar-refractivity contribution in [2.24, 2.45) is 0 Å². The molecule has 0 saturated heterocycles. The second-order valence-corrected chi connectivity index (χ2v) is 10.2. The van der Waals surface area contributed by atoms with E-state index < -0.39 is 9.84 Å². The van der Waals surface area contributed by atoms with Crippen LogP contribution in [0.4, 0.5) is 0 Å². The smallest absolute Gasteiger partial charge is 0.233 e. The molecule has 0 aliphatic rings. The fourth-order valence-corrected chi connectivity index (χ4v) is 4.49. The molecule has 2 rings (SSSR count). The Kier molecular flexibility index (Phi) is 6.93. The average Bonchev–Trinajstić information content (AvgIpc) is 2.58. The highest BCUT2D eigenvalue weighted by Gasteiger charge is 2.18. The zero-order valence-corrected chi connectivity index (χ0v) is 18.4. The molecule has 0 N–H and O–H groups in total. The topological polar surface area (TPSA) is 54.5 Å². The summed E-state index contributed by atoms with van der Waals surface area (Å²) in [5, 5.41) is 0. The summed E-state index contributed by atoms with van der Waals surface area (Å²) in [4.78, 5) is 15.6. The number of hydrogen-bond acceptors (Lipinski definition) is 4. The fraction of sp³-hybridized carbons (Fsp3) is 0.316. The Morgan fingerprint density at radius 1 is 1.19 bits per heavy atom. The first kappa shape index (κ1) is 21.0. The van der Waals surface area contributed by atoms with Crippen LogP contribution in [0.1, 0.15) is 24.1 Å². The summed E-state index contributed by atoms with van der Waals surface area (Å²) in [6.45, 7) is 3.95. The molecule has 1 atom stereocenters. The van der Waals surface area contributed by atoms with Gasteiger partial charge in [-0.2, -0.15) is 0 Å². The van der Waals surface area contributed by atoms with Crippen LogP contribution in [0, 0.1) is 6.92 Å². The largest absolute Gasteiger partial charge is 0.338 e. The molecule has 0 fully saturated rings. The molecular weight excluding hydrogens is 434 g/mol. The Labute approximate surface area is 168 Å². The van der Waals surface area contributed by atoms with Gasteiger partial charge in [0.2, 0.25) is 5.91 Å². The highest BCUT2D eigenvalue weighted by molar-refractivity contribution is 9.10. The second-order valence-electron chi connectivity index (χ2n) is 6.22. The van der Waals surface area contributed by atoms with E-state index in [9.17, 15) is 13.2 Å². The molecule has 0 aromatic heterocycles. The van der Waals surface area contributed by atoms with E-state index in [1.54, 1.807) is 36.2 Å². The van der Waals surface area contributed by atoms with Gasteiger partial charge in [0.1, 0.15) is 0 Å². The van der Waals surface area contributed by atoms with E-state index in [-0.39, 0.29) is 16.8 Å². The van der Waals surface area contributed by atoms with Crippen LogP contribution >= 0.6 is 27.7 Å². The summed E-state index contributed by atoms with van der Waals surface area (Å²) in [7, 11) is -1.45. The Hall–Kier alpha value is -1.31. The normalized spacial score (nSPS) is 12.7. The van der Waals surface area contributed by atoms with Crippen LogP contribution in [0.3, 0.4) is 0 Å². The molecule has 0 radical (unpaired) electrons. The van der Waals surface area contributed by atoms with Crippen LogP contribution in [-0.4, -0.2) is 38.3 Å². The summed E-state index contributed by atoms with van der Waals surface area (Å²) in [6.07, 6.45) is 1.18. The van der Waals surface area contributed by atoms with Gasteiger partial charge in [-0.25, -0.2) is 8.42 Å². The lowest BCUT2D eigenvalue weighted by Gasteiger charge is -2.25. The third kappa shape index (κ3) is 5.34. The van der Waals surface area contributed by atoms with Crippen molar-refractivity contribution in [3.63, 3.8) is 0 Å². The number of aryl methyl sites for hydroxylation is 1. The lowest BCUT2D eigenvalue weighted by Crippen LogP contribution is -2.31. The second kappa shape index (κ2) is 8.59. The maximum absolute atomic E-state index is 12.5. The molecule has 4 nitrogen and oxygen atoms in total. The van der Waals surface area contributed by atoms with E-state index in [2.05, 4.69) is 15.9 Å². The van der Waals surface area contributed by atoms with E-state index in [0.29, 0.717) is 5.75 Å². The Bertz CT molecular complexity index is 896. The number of carbonyl (C=O) groups excluding carboxylic acids is 1. The van der Waals surface area contributed by atoms with Gasteiger partial charge in [-0.3, -0.25) is 4.79 Å². The van der Waals surface area contributed by atoms with Crippen molar-refractivity contribution in [2.45, 2.75) is 29.7 Å². The van der Waals surface area contributed by atoms with E-state index in [4.69, 9.17) is 0 Å². The van der Waals surface area contributed by atoms with Crippen LogP contribution in [0.25, 0.3) is 0 Å². The summed E-state index contributed by atoms with van der Waals surface area (Å²) >= 11 is 4.96. The molecule has 140 valence electrons. The van der Waals surface area contributed by atoms with E-state index in [0.717, 1.165) is 20.5 Å². The molecule has 0 heterocycles. The molecule has 0 aliphatic heterocycles. The van der Waals surface area contributed by atoms with E-state index in [1.807, 2.05) is 32.0 Å². The third-order valence-electron chi connectivity index (χ3n) is 4.25. The van der Waals surface area contributed by atoms with E-state index >= 15 is 0 Å². The highest BCUT2D eigenvalue weighted by atomic mass is 79.9. The van der Waals surface area contributed by atoms with Gasteiger partial charge in [0.25, 0.3) is 0 Å². The number of hydrogen-bond donors (Lipinski definition) is 0. The number of thioether (sulfide) groups is 1. The van der Waals surface area contributed by atoms with Gasteiger partial charge in [-0.05, 0) is 55.3 Å². The van der Waals surface area contributed by atoms with Crippen LogP contribution in [0.2, 0.25) is 0 Å². The maximum atomic E-state index is 12.5. The molecule has 0 bridgehead atoms. The molecule has 26 heavy (non-hydrogen) atoms. The number of sulfone groups is 1. The lowest BCUT2D eigenvalue weighted by molar-refractivity contribution is -0.128. The highest BCUT2D eigenvalue weighted by Crippen LogP contribution is 2.27. The van der Waals surface area contributed by atoms with Crippen molar-refractivity contribution < 1.29 is 13.2 Å². The van der Waals surface area contributed by atoms with Gasteiger partial charge >= 0.3 is 0 Å². The fourth-order valence-electron chi connectivity index (χ4n) is 2.45. The van der Waals surface area contributed by atoms with Gasteiger partial charge in [-0.15, -0.1) is 11.8 Å². The zero-order chi connectivity index (χ0) is 19.5. The minimum atomic E-state index is -3.22. The molecule has 2 aromatic carbocycles. The van der Waals surface area contributed by atoms with Crippen molar-refractivity contribution in [2.75, 3.05) is 19.1 Å². The molecule has 2 aromatic rings. The van der Waals surface area contributed by atoms with Crippen LogP contribution in [0.15, 0.2) is 56.7 Å². The molecule has 0 unspecified atom stereocenters. The minimum absolute atomic E-state index is 0.0250. The molecule has 0 spiro atoms. The zero-order valence-electron chi connectivity index (χ0n) is 15.2. The molecule has 1 amide bonds. The SMILES string of the molecule is Cc1cc(Br)ccc1SCC(=O)N(C)[C@@H](C)c1ccc(S(C)(=O)=O)cc1. The predicted molar refractivity (Wildman–Crippen MR) is 110 cm³/mol. The first-order chi connectivity index (χ1) is 12.1. The Morgan fingerprint density at radius 2 is 1.81 bits per heavy atom. The van der Waals surface area contributed by atoms with Gasteiger partial charge in [0.15, 0.2) is 9.84 Å². The number of benzene rings is 2. The van der Waals surface area contributed by atoms with Gasteiger partial charge < -0.3 is 4.90 Å². The quantitative estimate of drug-likeness (QED) is 0.602. The van der Waals surface area contributed by atoms with E-state index in [1.165, 1.54) is 18.0 Å². The Morgan fingerprint density at radius 3 is 2.35 bits per heavy atom. The summed E-state index contributed by atoms with van der Waals surface area (Å²) in [5.74, 6) is 0.377. The monoisotopic (exact) mass is 455 g/mol. The standard InChI is InChI=1S/C19H22BrNO3S2/c1-13-11-16(20)7-10-18(13)25-12-19(22)21(3)14(2)15-5-8-17(9-6-15)26(4,23)24/h5-11,14H,12H2,1-4H3/t14-/m0/s1. The average molecular weight is 456 g/mol. The van der Waals surface area contributed by atoms with Crippen molar-refractivity contribution in [1.29, 1.82) is 0 Å². The first-order valence-corrected chi connectivity index (χ1v) is 11.7. The number of rotatable bonds is 6. The van der Waals surface area contributed by atoms with Gasteiger partial charge in [0.05, 0.1) is 16.7 Å². The number of halogens is 1. The molecular formula is C19H22BrNO3S2. The molecule has 0 aliphatic carbocycles. The van der Waals surface area contributed by atoms with Crippen LogP contribution < -0.4 is 0 Å². The number of amides is 1. The number of nitrogens with zero attached hydrogens (tertiary/aromatic N) is 1. The third-order valence-corrected chi connectivity index (χ3v) is 7.04. The summed E-state index contributed by atoms with van der Waals surface area (Å²) < 4.78 is 24.1. The molecule has 7 heteroatoms. The predicted octanol–water partition coefficient (Wildman–Crippen LogP) is 4.47. The first-order valence-electron chi connectivity index (χ1n) is 8.04. The van der Waals surface area contributed by atoms with Crippen molar-refractivity contribution in [3.8, 4) is 0 Å². The van der Waals surface area contributed by atoms with Crippen molar-refractivity contribution >= 4 is 43.4 Å². The summed E-state index contributed by atoms with van der Waals surface area (Å²) in [6, 6.07) is 12.6.